The Morgan fingerprint density at radius 3 is 2.42 bits per heavy atom. The van der Waals surface area contributed by atoms with E-state index in [1.807, 2.05) is 17.8 Å². The summed E-state index contributed by atoms with van der Waals surface area (Å²) in [5.74, 6) is 2.18. The molecule has 5 aliphatic carbocycles. The fourth-order valence-corrected chi connectivity index (χ4v) is 13.0. The number of carbonyl (C=O) groups excluding carboxylic acids is 3. The first-order chi connectivity index (χ1) is 24.5. The fourth-order valence-electron chi connectivity index (χ4n) is 12.8. The Balaban J connectivity index is 1.19. The van der Waals surface area contributed by atoms with E-state index in [1.165, 1.54) is 5.57 Å². The van der Waals surface area contributed by atoms with Crippen LogP contribution in [-0.4, -0.2) is 38.5 Å². The number of fused-ring (bicyclic) bond motifs is 7. The van der Waals surface area contributed by atoms with E-state index in [-0.39, 0.29) is 52.5 Å². The average molecular weight is 732 g/mol. The van der Waals surface area contributed by atoms with E-state index in [9.17, 15) is 19.2 Å². The predicted molar refractivity (Wildman–Crippen MR) is 202 cm³/mol. The summed E-state index contributed by atoms with van der Waals surface area (Å²) in [4.78, 5) is 56.7. The third kappa shape index (κ3) is 5.80. The van der Waals surface area contributed by atoms with Crippen molar-refractivity contribution in [3.8, 4) is 0 Å². The zero-order valence-corrected chi connectivity index (χ0v) is 33.2. The zero-order valence-electron chi connectivity index (χ0n) is 32.5. The van der Waals surface area contributed by atoms with E-state index in [4.69, 9.17) is 16.3 Å². The molecular formula is C43H58ClN3O5. The summed E-state index contributed by atoms with van der Waals surface area (Å²) in [5, 5.41) is 0.560. The van der Waals surface area contributed by atoms with Gasteiger partial charge in [-0.3, -0.25) is 24.0 Å². The van der Waals surface area contributed by atoms with Gasteiger partial charge < -0.3 is 9.53 Å². The Labute approximate surface area is 314 Å². The molecule has 2 heterocycles. The zero-order chi connectivity index (χ0) is 37.5. The van der Waals surface area contributed by atoms with Crippen LogP contribution in [-0.2, 0) is 38.1 Å². The molecule has 0 radical (unpaired) electrons. The maximum atomic E-state index is 14.2. The Hall–Kier alpha value is -3.00. The summed E-state index contributed by atoms with van der Waals surface area (Å²) >= 11 is 6.10. The highest BCUT2D eigenvalue weighted by atomic mass is 35.5. The van der Waals surface area contributed by atoms with E-state index in [0.717, 1.165) is 74.6 Å². The topological polar surface area (TPSA) is 100 Å². The lowest BCUT2D eigenvalue weighted by molar-refractivity contribution is -0.190. The summed E-state index contributed by atoms with van der Waals surface area (Å²) < 4.78 is 9.88. The van der Waals surface area contributed by atoms with Crippen LogP contribution in [0.15, 0.2) is 40.3 Å². The van der Waals surface area contributed by atoms with Gasteiger partial charge in [0.15, 0.2) is 5.78 Å². The molecule has 2 aromatic rings. The average Bonchev–Trinajstić information content (AvgIpc) is 3.55. The number of Topliss-reactive ketones (excluding diaryl/α,β-unsaturated/α-hetero) is 1. The minimum absolute atomic E-state index is 0.0692. The number of aromatic nitrogens is 3. The lowest BCUT2D eigenvalue weighted by atomic mass is 9.38. The van der Waals surface area contributed by atoms with E-state index < -0.39 is 10.8 Å². The number of ether oxygens (including phenoxy) is 1. The van der Waals surface area contributed by atoms with Gasteiger partial charge in [0.25, 0.3) is 5.56 Å². The quantitative estimate of drug-likeness (QED) is 0.200. The van der Waals surface area contributed by atoms with Crippen LogP contribution >= 0.6 is 11.6 Å². The number of carbonyl (C=O) groups is 3. The number of hydrogen-bond donors (Lipinski definition) is 0. The molecule has 8 nitrogen and oxygen atoms in total. The van der Waals surface area contributed by atoms with Gasteiger partial charge in [-0.1, -0.05) is 60.1 Å². The van der Waals surface area contributed by atoms with Crippen LogP contribution in [0.4, 0.5) is 0 Å². The van der Waals surface area contributed by atoms with Crippen molar-refractivity contribution in [2.45, 2.75) is 131 Å². The van der Waals surface area contributed by atoms with Gasteiger partial charge in [0.05, 0.1) is 29.4 Å². The van der Waals surface area contributed by atoms with Gasteiger partial charge in [0.2, 0.25) is 0 Å². The number of nitrogens with zero attached hydrogens (tertiary/aromatic N) is 3. The molecule has 0 bridgehead atoms. The van der Waals surface area contributed by atoms with Gasteiger partial charge >= 0.3 is 5.97 Å². The highest BCUT2D eigenvalue weighted by Crippen LogP contribution is 2.71. The molecule has 0 aliphatic heterocycles. The van der Waals surface area contributed by atoms with Crippen LogP contribution in [0.3, 0.4) is 0 Å². The molecule has 52 heavy (non-hydrogen) atoms. The molecule has 0 spiro atoms. The van der Waals surface area contributed by atoms with Crippen LogP contribution in [0, 0.1) is 51.8 Å². The Morgan fingerprint density at radius 1 is 1.06 bits per heavy atom. The number of halogens is 1. The SMILES string of the molecule is CC(C)C1=C2C3CC[C@H]4C(C)(CC[C@H]5C(C)C(OC(=O)CC(C)(C)C=O)CCC54C)C3CCC2(c2cc(=O)n(Cc3ccc(Cl)cn3)n2C)CC1=O. The van der Waals surface area contributed by atoms with Gasteiger partial charge in [-0.2, -0.15) is 0 Å². The number of allylic oxidation sites excluding steroid dienone is 2. The highest BCUT2D eigenvalue weighted by molar-refractivity contribution is 6.30. The molecule has 0 N–H and O–H groups in total. The Bertz CT molecular complexity index is 1860. The monoisotopic (exact) mass is 731 g/mol. The van der Waals surface area contributed by atoms with Crippen molar-refractivity contribution in [1.29, 1.82) is 0 Å². The molecule has 4 fully saturated rings. The lowest BCUT2D eigenvalue weighted by Crippen LogP contribution is -2.61. The summed E-state index contributed by atoms with van der Waals surface area (Å²) in [5.41, 5.74) is 3.12. The van der Waals surface area contributed by atoms with Crippen molar-refractivity contribution in [3.05, 3.63) is 62.3 Å². The molecule has 9 atom stereocenters. The van der Waals surface area contributed by atoms with E-state index in [2.05, 4.69) is 39.6 Å². The van der Waals surface area contributed by atoms with E-state index >= 15 is 0 Å². The predicted octanol–water partition coefficient (Wildman–Crippen LogP) is 8.26. The number of ketones is 1. The van der Waals surface area contributed by atoms with Crippen molar-refractivity contribution in [2.75, 3.05) is 0 Å². The minimum atomic E-state index is -0.714. The van der Waals surface area contributed by atoms with Crippen molar-refractivity contribution >= 4 is 29.6 Å². The second kappa shape index (κ2) is 13.1. The largest absolute Gasteiger partial charge is 0.462 e. The third-order valence-corrected chi connectivity index (χ3v) is 15.4. The van der Waals surface area contributed by atoms with Gasteiger partial charge in [-0.05, 0) is 121 Å². The lowest BCUT2D eigenvalue weighted by Gasteiger charge is -2.67. The minimum Gasteiger partial charge on any atom is -0.462 e. The molecule has 7 unspecified atom stereocenters. The second-order valence-corrected chi connectivity index (χ2v) is 19.3. The molecular weight excluding hydrogens is 674 g/mol. The normalized spacial score (nSPS) is 35.8. The van der Waals surface area contributed by atoms with E-state index in [0.29, 0.717) is 41.7 Å². The second-order valence-electron chi connectivity index (χ2n) is 18.8. The first-order valence-corrected chi connectivity index (χ1v) is 20.1. The van der Waals surface area contributed by atoms with Gasteiger partial charge in [0, 0.05) is 36.6 Å². The standard InChI is InChI=1S/C43H58ClN3O5/c1-25(2)38-32(49)20-43(35-19-36(50)47(46(35)8)23-28-10-9-27(44)22-45-28)18-14-31-29(39(38)43)11-12-34-41(6)17-15-33(52-37(51)21-40(4,5)24-48)26(3)30(41)13-16-42(31,34)7/h9-10,19,22,24-26,29-31,33-34H,11-18,20-21,23H2,1-8H3/t26?,29?,30-,31?,33?,34+,41?,42?,43?/m0/s1. The molecule has 0 saturated heterocycles. The molecule has 0 aromatic carbocycles. The Kier molecular flexibility index (Phi) is 9.40. The number of rotatable bonds is 8. The molecule has 9 heteroatoms. The van der Waals surface area contributed by atoms with Crippen molar-refractivity contribution in [2.24, 2.45) is 58.8 Å². The van der Waals surface area contributed by atoms with Gasteiger partial charge in [-0.25, -0.2) is 4.68 Å². The first kappa shape index (κ1) is 37.3. The highest BCUT2D eigenvalue weighted by Gasteiger charge is 2.65. The molecule has 7 rings (SSSR count). The smallest absolute Gasteiger partial charge is 0.307 e. The molecule has 282 valence electrons. The van der Waals surface area contributed by atoms with Crippen molar-refractivity contribution in [3.63, 3.8) is 0 Å². The van der Waals surface area contributed by atoms with Crippen LogP contribution in [0.5, 0.6) is 0 Å². The van der Waals surface area contributed by atoms with E-state index in [1.54, 1.807) is 36.9 Å². The maximum Gasteiger partial charge on any atom is 0.307 e. The van der Waals surface area contributed by atoms with Crippen LogP contribution in [0.1, 0.15) is 124 Å². The van der Waals surface area contributed by atoms with Crippen LogP contribution in [0.25, 0.3) is 0 Å². The molecule has 5 aliphatic rings. The number of pyridine rings is 1. The molecule has 0 amide bonds. The maximum absolute atomic E-state index is 14.2. The van der Waals surface area contributed by atoms with Crippen LogP contribution < -0.4 is 5.56 Å². The van der Waals surface area contributed by atoms with Gasteiger partial charge in [-0.15, -0.1) is 0 Å². The number of hydrogen-bond acceptors (Lipinski definition) is 6. The Morgan fingerprint density at radius 2 is 1.75 bits per heavy atom. The van der Waals surface area contributed by atoms with Crippen molar-refractivity contribution in [1.82, 2.24) is 14.3 Å². The fraction of sp³-hybridized carbons (Fsp3) is 0.698. The number of aldehydes is 1. The number of esters is 1. The first-order valence-electron chi connectivity index (χ1n) is 19.8. The third-order valence-electron chi connectivity index (χ3n) is 15.1. The summed E-state index contributed by atoms with van der Waals surface area (Å²) in [6.45, 7) is 15.6. The molecule has 4 saturated carbocycles. The summed E-state index contributed by atoms with van der Waals surface area (Å²) in [6, 6.07) is 5.46. The summed E-state index contributed by atoms with van der Waals surface area (Å²) in [6.07, 6.45) is 11.1. The van der Waals surface area contributed by atoms with Gasteiger partial charge in [0.1, 0.15) is 12.4 Å². The summed E-state index contributed by atoms with van der Waals surface area (Å²) in [7, 11) is 1.97. The van der Waals surface area contributed by atoms with Crippen LogP contribution in [0.2, 0.25) is 5.02 Å². The van der Waals surface area contributed by atoms with Crippen molar-refractivity contribution < 1.29 is 19.1 Å². The molecule has 2 aromatic heterocycles.